The average Bonchev–Trinajstić information content (AvgIpc) is 2.43. The summed E-state index contributed by atoms with van der Waals surface area (Å²) in [6.07, 6.45) is 0. The largest absolute Gasteiger partial charge is 0.497 e. The monoisotopic (exact) mass is 179 g/mol. The van der Waals surface area contributed by atoms with E-state index >= 15 is 0 Å². The fourth-order valence-corrected chi connectivity index (χ4v) is 1.98. The number of ether oxygens (including phenoxy) is 1. The van der Waals surface area contributed by atoms with E-state index in [4.69, 9.17) is 10.5 Å². The van der Waals surface area contributed by atoms with Gasteiger partial charge in [0.15, 0.2) is 0 Å². The number of benzene rings is 1. The lowest BCUT2D eigenvalue weighted by Crippen LogP contribution is -1.79. The predicted octanol–water partition coefficient (Wildman–Crippen LogP) is 2.49. The Labute approximate surface area is 74.6 Å². The molecule has 0 amide bonds. The van der Waals surface area contributed by atoms with Crippen LogP contribution in [0.4, 0.5) is 5.00 Å². The number of methoxy groups -OCH3 is 1. The van der Waals surface area contributed by atoms with E-state index in [2.05, 4.69) is 0 Å². The molecule has 0 unspecified atom stereocenters. The summed E-state index contributed by atoms with van der Waals surface area (Å²) in [4.78, 5) is 0. The molecule has 0 aliphatic heterocycles. The van der Waals surface area contributed by atoms with Crippen LogP contribution in [0.1, 0.15) is 0 Å². The van der Waals surface area contributed by atoms with E-state index in [1.54, 1.807) is 18.4 Å². The first-order chi connectivity index (χ1) is 5.79. The molecule has 0 spiro atoms. The van der Waals surface area contributed by atoms with Crippen molar-refractivity contribution in [1.29, 1.82) is 0 Å². The number of fused-ring (bicyclic) bond motifs is 1. The van der Waals surface area contributed by atoms with Crippen LogP contribution in [-0.2, 0) is 0 Å². The SMILES string of the molecule is COc1ccc2sc(N)cc2c1. The maximum Gasteiger partial charge on any atom is 0.119 e. The van der Waals surface area contributed by atoms with Crippen LogP contribution in [0.25, 0.3) is 10.1 Å². The molecule has 1 aromatic carbocycles. The van der Waals surface area contributed by atoms with Gasteiger partial charge in [-0.2, -0.15) is 0 Å². The summed E-state index contributed by atoms with van der Waals surface area (Å²) in [7, 11) is 1.66. The second kappa shape index (κ2) is 2.68. The van der Waals surface area contributed by atoms with E-state index in [0.717, 1.165) is 16.1 Å². The fourth-order valence-electron chi connectivity index (χ4n) is 1.17. The number of rotatable bonds is 1. The van der Waals surface area contributed by atoms with Crippen LogP contribution >= 0.6 is 11.3 Å². The van der Waals surface area contributed by atoms with Crippen molar-refractivity contribution < 1.29 is 4.74 Å². The minimum absolute atomic E-state index is 0.846. The molecule has 0 atom stereocenters. The maximum atomic E-state index is 5.66. The molecule has 62 valence electrons. The van der Waals surface area contributed by atoms with Crippen molar-refractivity contribution in [1.82, 2.24) is 0 Å². The molecule has 2 rings (SSSR count). The Morgan fingerprint density at radius 1 is 1.33 bits per heavy atom. The van der Waals surface area contributed by atoms with Gasteiger partial charge in [-0.15, -0.1) is 11.3 Å². The molecule has 3 heteroatoms. The molecule has 0 aliphatic rings. The van der Waals surface area contributed by atoms with Crippen molar-refractivity contribution in [2.24, 2.45) is 0 Å². The van der Waals surface area contributed by atoms with Gasteiger partial charge in [-0.05, 0) is 29.7 Å². The average molecular weight is 179 g/mol. The van der Waals surface area contributed by atoms with E-state index < -0.39 is 0 Å². The van der Waals surface area contributed by atoms with Gasteiger partial charge in [-0.25, -0.2) is 0 Å². The molecule has 0 saturated heterocycles. The van der Waals surface area contributed by atoms with Crippen molar-refractivity contribution in [3.05, 3.63) is 24.3 Å². The van der Waals surface area contributed by atoms with Gasteiger partial charge in [0.05, 0.1) is 12.1 Å². The molecule has 0 bridgehead atoms. The third-order valence-corrected chi connectivity index (χ3v) is 2.69. The smallest absolute Gasteiger partial charge is 0.119 e. The summed E-state index contributed by atoms with van der Waals surface area (Å²) in [5, 5.41) is 2.00. The molecule has 2 aromatic rings. The Hall–Kier alpha value is -1.22. The zero-order chi connectivity index (χ0) is 8.55. The molecule has 1 aromatic heterocycles. The van der Waals surface area contributed by atoms with Gasteiger partial charge < -0.3 is 10.5 Å². The Balaban J connectivity index is 2.66. The van der Waals surface area contributed by atoms with Crippen LogP contribution in [0, 0.1) is 0 Å². The lowest BCUT2D eigenvalue weighted by atomic mass is 10.2. The third-order valence-electron chi connectivity index (χ3n) is 1.74. The number of hydrogen-bond acceptors (Lipinski definition) is 3. The van der Waals surface area contributed by atoms with E-state index in [-0.39, 0.29) is 0 Å². The highest BCUT2D eigenvalue weighted by Crippen LogP contribution is 2.29. The molecule has 0 radical (unpaired) electrons. The summed E-state index contributed by atoms with van der Waals surface area (Å²) >= 11 is 1.59. The molecular formula is C9H9NOS. The quantitative estimate of drug-likeness (QED) is 0.730. The Morgan fingerprint density at radius 3 is 2.92 bits per heavy atom. The van der Waals surface area contributed by atoms with E-state index in [1.807, 2.05) is 24.3 Å². The van der Waals surface area contributed by atoms with Gasteiger partial charge in [0, 0.05) is 4.70 Å². The number of hydrogen-bond donors (Lipinski definition) is 1. The Bertz CT molecular complexity index is 408. The Morgan fingerprint density at radius 2 is 2.17 bits per heavy atom. The van der Waals surface area contributed by atoms with Gasteiger partial charge in [0.2, 0.25) is 0 Å². The second-order valence-electron chi connectivity index (χ2n) is 2.55. The van der Waals surface area contributed by atoms with Gasteiger partial charge in [-0.1, -0.05) is 0 Å². The highest BCUT2D eigenvalue weighted by Gasteiger charge is 1.99. The lowest BCUT2D eigenvalue weighted by Gasteiger charge is -1.97. The molecule has 2 nitrogen and oxygen atoms in total. The van der Waals surface area contributed by atoms with E-state index in [1.165, 1.54) is 4.70 Å². The maximum absolute atomic E-state index is 5.66. The van der Waals surface area contributed by atoms with Crippen LogP contribution in [0.15, 0.2) is 24.3 Å². The van der Waals surface area contributed by atoms with Gasteiger partial charge in [0.25, 0.3) is 0 Å². The van der Waals surface area contributed by atoms with Crippen molar-refractivity contribution in [3.8, 4) is 5.75 Å². The van der Waals surface area contributed by atoms with E-state index in [9.17, 15) is 0 Å². The normalized spacial score (nSPS) is 10.4. The van der Waals surface area contributed by atoms with Crippen molar-refractivity contribution in [2.45, 2.75) is 0 Å². The highest BCUT2D eigenvalue weighted by atomic mass is 32.1. The summed E-state index contributed by atoms with van der Waals surface area (Å²) in [5.41, 5.74) is 5.66. The van der Waals surface area contributed by atoms with Crippen LogP contribution < -0.4 is 10.5 Å². The van der Waals surface area contributed by atoms with E-state index in [0.29, 0.717) is 0 Å². The first kappa shape index (κ1) is 7.43. The minimum atomic E-state index is 0.846. The van der Waals surface area contributed by atoms with Crippen molar-refractivity contribution in [2.75, 3.05) is 12.8 Å². The topological polar surface area (TPSA) is 35.2 Å². The van der Waals surface area contributed by atoms with Crippen LogP contribution in [-0.4, -0.2) is 7.11 Å². The molecule has 0 fully saturated rings. The zero-order valence-corrected chi connectivity index (χ0v) is 7.52. The van der Waals surface area contributed by atoms with Crippen molar-refractivity contribution in [3.63, 3.8) is 0 Å². The fraction of sp³-hybridized carbons (Fsp3) is 0.111. The second-order valence-corrected chi connectivity index (χ2v) is 3.67. The molecular weight excluding hydrogens is 170 g/mol. The number of nitrogen functional groups attached to an aromatic ring is 1. The van der Waals surface area contributed by atoms with Gasteiger partial charge >= 0.3 is 0 Å². The molecule has 2 N–H and O–H groups in total. The molecule has 12 heavy (non-hydrogen) atoms. The number of thiophene rings is 1. The van der Waals surface area contributed by atoms with Crippen LogP contribution in [0.5, 0.6) is 5.75 Å². The zero-order valence-electron chi connectivity index (χ0n) is 6.70. The number of nitrogens with two attached hydrogens (primary N) is 1. The molecule has 0 saturated carbocycles. The standard InChI is InChI=1S/C9H9NOS/c1-11-7-2-3-8-6(4-7)5-9(10)12-8/h2-5H,10H2,1H3. The van der Waals surface area contributed by atoms with Gasteiger partial charge in [0.1, 0.15) is 5.75 Å². The summed E-state index contributed by atoms with van der Waals surface area (Å²) in [6.45, 7) is 0. The summed E-state index contributed by atoms with van der Waals surface area (Å²) in [5.74, 6) is 0.875. The predicted molar refractivity (Wildman–Crippen MR) is 52.8 cm³/mol. The highest BCUT2D eigenvalue weighted by molar-refractivity contribution is 7.22. The lowest BCUT2D eigenvalue weighted by molar-refractivity contribution is 0.415. The number of anilines is 1. The van der Waals surface area contributed by atoms with Crippen molar-refractivity contribution >= 4 is 26.4 Å². The third kappa shape index (κ3) is 1.12. The van der Waals surface area contributed by atoms with Gasteiger partial charge in [-0.3, -0.25) is 0 Å². The van der Waals surface area contributed by atoms with Crippen LogP contribution in [0.2, 0.25) is 0 Å². The van der Waals surface area contributed by atoms with Crippen LogP contribution in [0.3, 0.4) is 0 Å². The minimum Gasteiger partial charge on any atom is -0.497 e. The molecule has 0 aliphatic carbocycles. The summed E-state index contributed by atoms with van der Waals surface area (Å²) < 4.78 is 6.30. The Kier molecular flexibility index (Phi) is 1.66. The summed E-state index contributed by atoms with van der Waals surface area (Å²) in [6, 6.07) is 7.91. The molecule has 1 heterocycles. The first-order valence-electron chi connectivity index (χ1n) is 3.62. The first-order valence-corrected chi connectivity index (χ1v) is 4.44.